The fraction of sp³-hybridized carbons (Fsp3) is 0.632. The van der Waals surface area contributed by atoms with Crippen molar-refractivity contribution in [3.63, 3.8) is 0 Å². The number of carbonyl (C=O) groups is 1. The molecule has 2 rings (SSSR count). The molecule has 1 aromatic carbocycles. The van der Waals surface area contributed by atoms with Gasteiger partial charge in [-0.1, -0.05) is 27.2 Å². The third-order valence-electron chi connectivity index (χ3n) is 4.29. The molecule has 0 unspecified atom stereocenters. The van der Waals surface area contributed by atoms with E-state index in [-0.39, 0.29) is 21.1 Å². The van der Waals surface area contributed by atoms with Crippen LogP contribution in [0.3, 0.4) is 0 Å². The molecule has 6 nitrogen and oxygen atoms in total. The Bertz CT molecular complexity index is 751. The minimum absolute atomic E-state index is 0.130. The van der Waals surface area contributed by atoms with Crippen LogP contribution in [0.25, 0.3) is 0 Å². The molecular formula is C19H30N2O4S2. The third kappa shape index (κ3) is 6.12. The molecule has 1 heterocycles. The summed E-state index contributed by atoms with van der Waals surface area (Å²) in [6.45, 7) is 7.93. The number of thioether (sulfide) groups is 1. The van der Waals surface area contributed by atoms with Gasteiger partial charge in [-0.25, -0.2) is 8.42 Å². The second-order valence-electron chi connectivity index (χ2n) is 7.54. The van der Waals surface area contributed by atoms with Gasteiger partial charge >= 0.3 is 0 Å². The van der Waals surface area contributed by atoms with E-state index in [1.165, 1.54) is 23.5 Å². The van der Waals surface area contributed by atoms with Gasteiger partial charge in [-0.15, -0.1) is 0 Å². The lowest BCUT2D eigenvalue weighted by Crippen LogP contribution is -2.35. The number of sulfonamides is 1. The first kappa shape index (κ1) is 22.0. The minimum atomic E-state index is -3.59. The standard InChI is InChI=1S/C19H30N2O4S2/c1-19(2,3)26-13-10-20-18(22)16-14-15(8-9-17(16)25-4)27(23,24)21-11-6-5-7-12-21/h8-9,14H,5-7,10-13H2,1-4H3,(H,20,22). The van der Waals surface area contributed by atoms with Gasteiger partial charge in [0.15, 0.2) is 0 Å². The van der Waals surface area contributed by atoms with E-state index < -0.39 is 10.0 Å². The summed E-state index contributed by atoms with van der Waals surface area (Å²) in [6.07, 6.45) is 2.79. The van der Waals surface area contributed by atoms with Crippen molar-refractivity contribution in [2.24, 2.45) is 0 Å². The number of methoxy groups -OCH3 is 1. The number of nitrogens with zero attached hydrogens (tertiary/aromatic N) is 1. The average molecular weight is 415 g/mol. The third-order valence-corrected chi connectivity index (χ3v) is 7.46. The summed E-state index contributed by atoms with van der Waals surface area (Å²) in [7, 11) is -2.12. The Kier molecular flexibility index (Phi) is 7.59. The highest BCUT2D eigenvalue weighted by Gasteiger charge is 2.27. The first-order chi connectivity index (χ1) is 12.6. The van der Waals surface area contributed by atoms with Gasteiger partial charge < -0.3 is 10.1 Å². The summed E-state index contributed by atoms with van der Waals surface area (Å²) >= 11 is 1.76. The topological polar surface area (TPSA) is 75.7 Å². The largest absolute Gasteiger partial charge is 0.496 e. The van der Waals surface area contributed by atoms with Crippen molar-refractivity contribution in [1.29, 1.82) is 0 Å². The van der Waals surface area contributed by atoms with E-state index in [0.29, 0.717) is 25.4 Å². The smallest absolute Gasteiger partial charge is 0.255 e. The highest BCUT2D eigenvalue weighted by molar-refractivity contribution is 8.00. The molecule has 1 aliphatic rings. The SMILES string of the molecule is COc1ccc(S(=O)(=O)N2CCCCC2)cc1C(=O)NCCSC(C)(C)C. The Balaban J connectivity index is 2.15. The quantitative estimate of drug-likeness (QED) is 0.694. The number of hydrogen-bond donors (Lipinski definition) is 1. The number of benzene rings is 1. The Morgan fingerprint density at radius 3 is 2.48 bits per heavy atom. The van der Waals surface area contributed by atoms with Crippen LogP contribution in [-0.2, 0) is 10.0 Å². The van der Waals surface area contributed by atoms with Crippen molar-refractivity contribution in [3.8, 4) is 5.75 Å². The van der Waals surface area contributed by atoms with Gasteiger partial charge in [0.05, 0.1) is 17.6 Å². The van der Waals surface area contributed by atoms with Gasteiger partial charge in [0, 0.05) is 30.1 Å². The molecule has 1 aliphatic heterocycles. The Morgan fingerprint density at radius 1 is 1.22 bits per heavy atom. The Hall–Kier alpha value is -1.25. The molecule has 0 aromatic heterocycles. The van der Waals surface area contributed by atoms with Crippen molar-refractivity contribution in [2.75, 3.05) is 32.5 Å². The van der Waals surface area contributed by atoms with Crippen LogP contribution in [0.4, 0.5) is 0 Å². The van der Waals surface area contributed by atoms with Gasteiger partial charge in [0.25, 0.3) is 5.91 Å². The predicted molar refractivity (Wildman–Crippen MR) is 110 cm³/mol. The van der Waals surface area contributed by atoms with Gasteiger partial charge in [0.2, 0.25) is 10.0 Å². The number of hydrogen-bond acceptors (Lipinski definition) is 5. The minimum Gasteiger partial charge on any atom is -0.496 e. The van der Waals surface area contributed by atoms with Crippen molar-refractivity contribution in [1.82, 2.24) is 9.62 Å². The maximum atomic E-state index is 12.9. The van der Waals surface area contributed by atoms with E-state index in [1.807, 2.05) is 0 Å². The number of rotatable bonds is 7. The van der Waals surface area contributed by atoms with Gasteiger partial charge in [-0.2, -0.15) is 16.1 Å². The monoisotopic (exact) mass is 414 g/mol. The maximum absolute atomic E-state index is 12.9. The zero-order valence-corrected chi connectivity index (χ0v) is 18.2. The Labute approximate surface area is 167 Å². The van der Waals surface area contributed by atoms with Crippen LogP contribution < -0.4 is 10.1 Å². The van der Waals surface area contributed by atoms with E-state index >= 15 is 0 Å². The van der Waals surface area contributed by atoms with E-state index in [9.17, 15) is 13.2 Å². The zero-order chi connectivity index (χ0) is 20.1. The number of nitrogens with one attached hydrogen (secondary N) is 1. The lowest BCUT2D eigenvalue weighted by atomic mass is 10.2. The second-order valence-corrected chi connectivity index (χ2v) is 11.4. The maximum Gasteiger partial charge on any atom is 0.255 e. The molecule has 8 heteroatoms. The molecule has 1 amide bonds. The zero-order valence-electron chi connectivity index (χ0n) is 16.6. The fourth-order valence-corrected chi connectivity index (χ4v) is 5.26. The highest BCUT2D eigenvalue weighted by Crippen LogP contribution is 2.26. The molecule has 1 N–H and O–H groups in total. The molecule has 1 fully saturated rings. The van der Waals surface area contributed by atoms with Crippen molar-refractivity contribution in [3.05, 3.63) is 23.8 Å². The summed E-state index contributed by atoms with van der Waals surface area (Å²) in [5.74, 6) is 0.828. The van der Waals surface area contributed by atoms with Crippen LogP contribution in [0.5, 0.6) is 5.75 Å². The van der Waals surface area contributed by atoms with E-state index in [1.54, 1.807) is 17.8 Å². The first-order valence-corrected chi connectivity index (χ1v) is 11.7. The summed E-state index contributed by atoms with van der Waals surface area (Å²) in [5, 5.41) is 2.86. The molecule has 0 aliphatic carbocycles. The Morgan fingerprint density at radius 2 is 1.89 bits per heavy atom. The van der Waals surface area contributed by atoms with Gasteiger partial charge in [-0.05, 0) is 31.0 Å². The molecule has 1 aromatic rings. The molecule has 27 heavy (non-hydrogen) atoms. The summed E-state index contributed by atoms with van der Waals surface area (Å²) in [4.78, 5) is 12.7. The van der Waals surface area contributed by atoms with Crippen molar-refractivity contribution >= 4 is 27.7 Å². The molecule has 0 saturated carbocycles. The lowest BCUT2D eigenvalue weighted by Gasteiger charge is -2.26. The summed E-state index contributed by atoms with van der Waals surface area (Å²) in [6, 6.07) is 4.49. The summed E-state index contributed by atoms with van der Waals surface area (Å²) < 4.78 is 32.7. The van der Waals surface area contributed by atoms with Crippen molar-refractivity contribution < 1.29 is 17.9 Å². The molecule has 152 valence electrons. The number of piperidine rings is 1. The molecular weight excluding hydrogens is 384 g/mol. The molecule has 1 saturated heterocycles. The van der Waals surface area contributed by atoms with Crippen molar-refractivity contribution in [2.45, 2.75) is 49.7 Å². The predicted octanol–water partition coefficient (Wildman–Crippen LogP) is 3.13. The first-order valence-electron chi connectivity index (χ1n) is 9.25. The van der Waals surface area contributed by atoms with Crippen LogP contribution >= 0.6 is 11.8 Å². The van der Waals surface area contributed by atoms with Crippen LogP contribution in [0.2, 0.25) is 0 Å². The molecule has 0 atom stereocenters. The van der Waals surface area contributed by atoms with E-state index in [2.05, 4.69) is 26.1 Å². The van der Waals surface area contributed by atoms with Crippen LogP contribution in [0, 0.1) is 0 Å². The number of amides is 1. The van der Waals surface area contributed by atoms with Crippen LogP contribution in [0.15, 0.2) is 23.1 Å². The highest BCUT2D eigenvalue weighted by atomic mass is 32.2. The molecule has 0 bridgehead atoms. The van der Waals surface area contributed by atoms with Gasteiger partial charge in [-0.3, -0.25) is 4.79 Å². The van der Waals surface area contributed by atoms with Crippen LogP contribution in [-0.4, -0.2) is 55.9 Å². The van der Waals surface area contributed by atoms with Crippen LogP contribution in [0.1, 0.15) is 50.4 Å². The lowest BCUT2D eigenvalue weighted by molar-refractivity contribution is 0.0953. The van der Waals surface area contributed by atoms with E-state index in [0.717, 1.165) is 25.0 Å². The fourth-order valence-electron chi connectivity index (χ4n) is 2.90. The number of ether oxygens (including phenoxy) is 1. The molecule has 0 spiro atoms. The normalized spacial score (nSPS) is 16.1. The van der Waals surface area contributed by atoms with Gasteiger partial charge in [0.1, 0.15) is 5.75 Å². The van der Waals surface area contributed by atoms with E-state index in [4.69, 9.17) is 4.74 Å². The average Bonchev–Trinajstić information content (AvgIpc) is 2.64. The second kappa shape index (κ2) is 9.30. The number of carbonyl (C=O) groups excluding carboxylic acids is 1. The molecule has 0 radical (unpaired) electrons. The summed E-state index contributed by atoms with van der Waals surface area (Å²) in [5.41, 5.74) is 0.247.